The van der Waals surface area contributed by atoms with Crippen LogP contribution in [-0.4, -0.2) is 27.9 Å². The summed E-state index contributed by atoms with van der Waals surface area (Å²) in [6.45, 7) is 0. The maximum atomic E-state index is 13.1. The van der Waals surface area contributed by atoms with Gasteiger partial charge in [0.1, 0.15) is 15.3 Å². The van der Waals surface area contributed by atoms with E-state index in [2.05, 4.69) is 15.4 Å². The topological polar surface area (TPSA) is 69.0 Å². The van der Waals surface area contributed by atoms with E-state index in [1.807, 2.05) is 30.3 Å². The van der Waals surface area contributed by atoms with E-state index in [1.54, 1.807) is 19.5 Å². The summed E-state index contributed by atoms with van der Waals surface area (Å²) in [4.78, 5) is 18.4. The van der Waals surface area contributed by atoms with Gasteiger partial charge in [0, 0.05) is 28.7 Å². The molecule has 0 unspecified atom stereocenters. The molecule has 0 atom stereocenters. The Morgan fingerprint density at radius 3 is 2.74 bits per heavy atom. The smallest absolute Gasteiger partial charge is 0.289 e. The van der Waals surface area contributed by atoms with E-state index in [-0.39, 0.29) is 5.56 Å². The van der Waals surface area contributed by atoms with Crippen molar-refractivity contribution in [2.45, 2.75) is 25.3 Å². The highest BCUT2D eigenvalue weighted by Crippen LogP contribution is 2.36. The number of anilines is 1. The van der Waals surface area contributed by atoms with Crippen LogP contribution < -0.4 is 15.6 Å². The van der Waals surface area contributed by atoms with Gasteiger partial charge in [0.15, 0.2) is 0 Å². The van der Waals surface area contributed by atoms with E-state index in [9.17, 15) is 4.79 Å². The molecule has 1 saturated carbocycles. The Balaban J connectivity index is 1.67. The van der Waals surface area contributed by atoms with Gasteiger partial charge in [0.25, 0.3) is 5.56 Å². The molecule has 1 fully saturated rings. The molecule has 1 aliphatic carbocycles. The normalized spacial score (nSPS) is 14.4. The molecule has 3 heterocycles. The van der Waals surface area contributed by atoms with Crippen molar-refractivity contribution < 1.29 is 4.74 Å². The lowest BCUT2D eigenvalue weighted by molar-refractivity contribution is 0.414. The second-order valence-corrected chi connectivity index (χ2v) is 7.71. The quantitative estimate of drug-likeness (QED) is 0.582. The monoisotopic (exact) mass is 378 g/mol. The van der Waals surface area contributed by atoms with Crippen LogP contribution in [0.15, 0.2) is 47.5 Å². The number of pyridine rings is 1. The zero-order chi connectivity index (χ0) is 18.4. The summed E-state index contributed by atoms with van der Waals surface area (Å²) in [5, 5.41) is 9.87. The van der Waals surface area contributed by atoms with Gasteiger partial charge in [-0.25, -0.2) is 4.98 Å². The summed E-state index contributed by atoms with van der Waals surface area (Å²) in [5.41, 5.74) is 1.62. The number of fused-ring (bicyclic) bond motifs is 3. The third-order valence-electron chi connectivity index (χ3n) is 5.10. The number of aromatic nitrogens is 3. The zero-order valence-electron chi connectivity index (χ0n) is 14.8. The first-order valence-electron chi connectivity index (χ1n) is 8.95. The van der Waals surface area contributed by atoms with Crippen molar-refractivity contribution in [1.82, 2.24) is 14.8 Å². The predicted octanol–water partition coefficient (Wildman–Crippen LogP) is 3.97. The summed E-state index contributed by atoms with van der Waals surface area (Å²) in [6.07, 6.45) is 7.22. The highest BCUT2D eigenvalue weighted by atomic mass is 32.1. The van der Waals surface area contributed by atoms with Crippen LogP contribution in [0, 0.1) is 0 Å². The van der Waals surface area contributed by atoms with Crippen LogP contribution in [0.3, 0.4) is 0 Å². The van der Waals surface area contributed by atoms with E-state index >= 15 is 0 Å². The molecule has 0 aliphatic heterocycles. The molecule has 6 nitrogen and oxygen atoms in total. The fourth-order valence-electron chi connectivity index (χ4n) is 3.39. The van der Waals surface area contributed by atoms with Crippen molar-refractivity contribution in [1.29, 1.82) is 0 Å². The molecule has 0 spiro atoms. The van der Waals surface area contributed by atoms with Crippen LogP contribution in [0.2, 0.25) is 0 Å². The molecular formula is C20H18N4O2S. The van der Waals surface area contributed by atoms with Crippen molar-refractivity contribution in [3.63, 3.8) is 0 Å². The van der Waals surface area contributed by atoms with Gasteiger partial charge in [-0.2, -0.15) is 9.78 Å². The van der Waals surface area contributed by atoms with Crippen LogP contribution in [0.4, 0.5) is 5.69 Å². The second kappa shape index (κ2) is 6.35. The molecule has 1 aliphatic rings. The Bertz CT molecular complexity index is 1190. The molecule has 4 aromatic rings. The Morgan fingerprint density at radius 2 is 2.04 bits per heavy atom. The van der Waals surface area contributed by atoms with Crippen molar-refractivity contribution in [3.05, 3.63) is 53.1 Å². The first-order chi connectivity index (χ1) is 13.2. The van der Waals surface area contributed by atoms with E-state index < -0.39 is 0 Å². The van der Waals surface area contributed by atoms with Crippen LogP contribution in [0.5, 0.6) is 5.75 Å². The van der Waals surface area contributed by atoms with Gasteiger partial charge in [-0.1, -0.05) is 0 Å². The number of benzene rings is 1. The highest BCUT2D eigenvalue weighted by Gasteiger charge is 2.20. The van der Waals surface area contributed by atoms with Crippen molar-refractivity contribution in [2.24, 2.45) is 0 Å². The largest absolute Gasteiger partial charge is 0.497 e. The average Bonchev–Trinajstić information content (AvgIpc) is 3.06. The predicted molar refractivity (Wildman–Crippen MR) is 108 cm³/mol. The van der Waals surface area contributed by atoms with Gasteiger partial charge in [-0.15, -0.1) is 11.3 Å². The number of thiophene rings is 1. The van der Waals surface area contributed by atoms with Crippen molar-refractivity contribution in [3.8, 4) is 11.4 Å². The lowest BCUT2D eigenvalue weighted by Gasteiger charge is -2.27. The Hall–Kier alpha value is -2.93. The fraction of sp³-hybridized carbons (Fsp3) is 0.250. The number of nitrogens with zero attached hydrogens (tertiary/aromatic N) is 3. The Morgan fingerprint density at radius 1 is 1.22 bits per heavy atom. The van der Waals surface area contributed by atoms with Gasteiger partial charge in [-0.3, -0.25) is 4.79 Å². The number of hydrogen-bond acceptors (Lipinski definition) is 6. The summed E-state index contributed by atoms with van der Waals surface area (Å²) >= 11 is 1.42. The molecule has 27 heavy (non-hydrogen) atoms. The minimum absolute atomic E-state index is 0.129. The summed E-state index contributed by atoms with van der Waals surface area (Å²) in [7, 11) is 1.62. The molecule has 5 rings (SSSR count). The third kappa shape index (κ3) is 2.66. The van der Waals surface area contributed by atoms with Crippen LogP contribution >= 0.6 is 11.3 Å². The molecule has 0 bridgehead atoms. The summed E-state index contributed by atoms with van der Waals surface area (Å²) in [5.74, 6) is 0.741. The molecule has 0 saturated heterocycles. The molecular weight excluding hydrogens is 360 g/mol. The fourth-order valence-corrected chi connectivity index (χ4v) is 4.46. The zero-order valence-corrected chi connectivity index (χ0v) is 15.6. The van der Waals surface area contributed by atoms with Gasteiger partial charge in [-0.05, 0) is 49.6 Å². The van der Waals surface area contributed by atoms with E-state index in [1.165, 1.54) is 35.3 Å². The minimum Gasteiger partial charge on any atom is -0.497 e. The molecule has 7 heteroatoms. The lowest BCUT2D eigenvalue weighted by atomic mass is 9.93. The van der Waals surface area contributed by atoms with E-state index in [0.717, 1.165) is 27.0 Å². The second-order valence-electron chi connectivity index (χ2n) is 6.72. The SMILES string of the molecule is COc1ccc(-n2ncc3c(sc4nccc(NC5CCC5)c43)c2=O)cc1. The van der Waals surface area contributed by atoms with Crippen LogP contribution in [0.1, 0.15) is 19.3 Å². The number of methoxy groups -OCH3 is 1. The number of ether oxygens (including phenoxy) is 1. The lowest BCUT2D eigenvalue weighted by Crippen LogP contribution is -2.27. The van der Waals surface area contributed by atoms with Crippen molar-refractivity contribution >= 4 is 37.3 Å². The Labute approximate surface area is 159 Å². The minimum atomic E-state index is -0.129. The average molecular weight is 378 g/mol. The van der Waals surface area contributed by atoms with Crippen LogP contribution in [-0.2, 0) is 0 Å². The molecule has 136 valence electrons. The van der Waals surface area contributed by atoms with Gasteiger partial charge in [0.05, 0.1) is 19.0 Å². The van der Waals surface area contributed by atoms with E-state index in [0.29, 0.717) is 16.4 Å². The molecule has 1 N–H and O–H groups in total. The third-order valence-corrected chi connectivity index (χ3v) is 6.20. The van der Waals surface area contributed by atoms with Gasteiger partial charge >= 0.3 is 0 Å². The molecule has 0 amide bonds. The van der Waals surface area contributed by atoms with Crippen LogP contribution in [0.25, 0.3) is 26.0 Å². The van der Waals surface area contributed by atoms with E-state index in [4.69, 9.17) is 4.74 Å². The maximum Gasteiger partial charge on any atom is 0.289 e. The maximum absolute atomic E-state index is 13.1. The summed E-state index contributed by atoms with van der Waals surface area (Å²) in [6, 6.07) is 9.80. The summed E-state index contributed by atoms with van der Waals surface area (Å²) < 4.78 is 7.28. The number of nitrogens with one attached hydrogen (secondary N) is 1. The Kier molecular flexibility index (Phi) is 3.82. The first kappa shape index (κ1) is 16.3. The first-order valence-corrected chi connectivity index (χ1v) is 9.77. The molecule has 0 radical (unpaired) electrons. The molecule has 3 aromatic heterocycles. The standard InChI is InChI=1S/C20H18N4O2S/c1-26-14-7-5-13(6-8-14)24-20(25)18-15(11-22-24)17-16(23-12-3-2-4-12)9-10-21-19(17)27-18/h5-12H,2-4H2,1H3,(H,21,23). The van der Waals surface area contributed by atoms with Gasteiger partial charge in [0.2, 0.25) is 0 Å². The number of hydrogen-bond donors (Lipinski definition) is 1. The highest BCUT2D eigenvalue weighted by molar-refractivity contribution is 7.25. The van der Waals surface area contributed by atoms with Gasteiger partial charge < -0.3 is 10.1 Å². The van der Waals surface area contributed by atoms with Crippen molar-refractivity contribution in [2.75, 3.05) is 12.4 Å². The number of rotatable bonds is 4. The molecule has 1 aromatic carbocycles.